The Balaban J connectivity index is 0.000000679. The van der Waals surface area contributed by atoms with Crippen LogP contribution in [0.4, 0.5) is 0 Å². The molecule has 0 aliphatic rings. The first-order chi connectivity index (χ1) is 59.1. The van der Waals surface area contributed by atoms with Crippen LogP contribution in [0.15, 0.2) is 186 Å². The Labute approximate surface area is 777 Å². The molecule has 24 heteroatoms. The van der Waals surface area contributed by atoms with Crippen molar-refractivity contribution in [2.75, 3.05) is 0 Å². The molecule has 14 aromatic rings. The molecule has 14 heterocycles. The summed E-state index contributed by atoms with van der Waals surface area (Å²) in [5.74, 6) is 8.48. The van der Waals surface area contributed by atoms with Crippen molar-refractivity contribution in [2.24, 2.45) is 35.2 Å². The lowest BCUT2D eigenvalue weighted by atomic mass is 10.0. The van der Waals surface area contributed by atoms with Gasteiger partial charge in [0.2, 0.25) is 0 Å². The molecule has 0 fully saturated rings. The maximum absolute atomic E-state index is 5.01. The van der Waals surface area contributed by atoms with Gasteiger partial charge in [-0.3, -0.25) is 48.0 Å². The SMILES string of the molecule is CC(C)c1cccs1.CC(C)c1ccn(C)n1.CC(C)c1ccnn1C.CC(C)c1cncs1.CC(C)c1cnn(C)c1.CC(C)c1cnn(C)c1.CC(C)c1cscn1.CC(C)n1cccn1.Cc1cc(C(C)C)ccn1.Cc1ccc(C(C)C)cn1.Cc1cncc(C(C)C)c1.Cc1cnn(C)c1C(C)C.Cc1nc(C(C)C)co1.Cc1ncc(C(C)C)s1. The summed E-state index contributed by atoms with van der Waals surface area (Å²) in [5.41, 5.74) is 21.1. The van der Waals surface area contributed by atoms with Crippen molar-refractivity contribution < 1.29 is 4.42 Å². The Morgan fingerprint density at radius 2 is 0.952 bits per heavy atom. The van der Waals surface area contributed by atoms with Crippen molar-refractivity contribution in [1.82, 2.24) is 93.6 Å². The van der Waals surface area contributed by atoms with Gasteiger partial charge in [-0.1, -0.05) is 198 Å². The van der Waals surface area contributed by atoms with E-state index in [4.69, 9.17) is 4.42 Å². The van der Waals surface area contributed by atoms with Gasteiger partial charge in [0.25, 0.3) is 0 Å². The lowest BCUT2D eigenvalue weighted by Crippen LogP contribution is -2.00. The summed E-state index contributed by atoms with van der Waals surface area (Å²) >= 11 is 6.99. The van der Waals surface area contributed by atoms with Crippen LogP contribution in [0.3, 0.4) is 0 Å². The van der Waals surface area contributed by atoms with Gasteiger partial charge in [-0.2, -0.15) is 30.6 Å². The Morgan fingerprint density at radius 3 is 1.21 bits per heavy atom. The zero-order valence-electron chi connectivity index (χ0n) is 84.4. The molecule has 0 atom stereocenters. The van der Waals surface area contributed by atoms with E-state index in [9.17, 15) is 0 Å². The van der Waals surface area contributed by atoms with Gasteiger partial charge in [-0.15, -0.1) is 45.3 Å². The third-order valence-electron chi connectivity index (χ3n) is 18.7. The van der Waals surface area contributed by atoms with Crippen LogP contribution in [-0.2, 0) is 35.2 Å². The highest BCUT2D eigenvalue weighted by Crippen LogP contribution is 2.24. The summed E-state index contributed by atoms with van der Waals surface area (Å²) in [4.78, 5) is 33.0. The second kappa shape index (κ2) is 62.6. The normalized spacial score (nSPS) is 10.5. The van der Waals surface area contributed by atoms with Crippen molar-refractivity contribution in [2.45, 2.75) is 318 Å². The lowest BCUT2D eigenvalue weighted by Gasteiger charge is -2.05. The van der Waals surface area contributed by atoms with Gasteiger partial charge >= 0.3 is 0 Å². The van der Waals surface area contributed by atoms with Crippen LogP contribution in [0.2, 0.25) is 0 Å². The predicted molar refractivity (Wildman–Crippen MR) is 540 cm³/mol. The Morgan fingerprint density at radius 1 is 0.365 bits per heavy atom. The maximum atomic E-state index is 5.01. The molecule has 0 spiro atoms. The van der Waals surface area contributed by atoms with E-state index < -0.39 is 0 Å². The summed E-state index contributed by atoms with van der Waals surface area (Å²) in [5, 5.41) is 30.0. The molecule has 0 saturated carbocycles. The van der Waals surface area contributed by atoms with Gasteiger partial charge in [0, 0.05) is 165 Å². The van der Waals surface area contributed by atoms with Crippen LogP contribution in [0.5, 0.6) is 0 Å². The number of aromatic nitrogens is 19. The van der Waals surface area contributed by atoms with Crippen molar-refractivity contribution in [3.8, 4) is 0 Å². The Kier molecular flexibility index (Phi) is 56.9. The predicted octanol–water partition coefficient (Wildman–Crippen LogP) is 29.1. The third-order valence-corrected chi connectivity index (χ3v) is 22.8. The number of thiophene rings is 1. The minimum absolute atomic E-state index is 0.474. The average molecular weight is 1800 g/mol. The molecule has 0 N–H and O–H groups in total. The molecular weight excluding hydrogens is 1640 g/mol. The number of hydrogen-bond acceptors (Lipinski definition) is 18. The van der Waals surface area contributed by atoms with Crippen LogP contribution >= 0.6 is 45.3 Å². The smallest absolute Gasteiger partial charge is 0.191 e. The number of nitrogens with zero attached hydrogens (tertiary/aromatic N) is 19. The number of aryl methyl sites for hydroxylation is 11. The van der Waals surface area contributed by atoms with E-state index in [-0.39, 0.29) is 0 Å². The van der Waals surface area contributed by atoms with E-state index in [0.717, 1.165) is 28.7 Å². The second-order valence-electron chi connectivity index (χ2n) is 35.3. The van der Waals surface area contributed by atoms with Crippen LogP contribution in [-0.4, -0.2) is 93.6 Å². The van der Waals surface area contributed by atoms with Gasteiger partial charge in [0.15, 0.2) is 5.89 Å². The fourth-order valence-corrected chi connectivity index (χ4v) is 13.6. The first kappa shape index (κ1) is 115. The summed E-state index contributed by atoms with van der Waals surface area (Å²) in [6, 6.07) is 21.3. The largest absolute Gasteiger partial charge is 0.449 e. The number of oxazole rings is 1. The Bertz CT molecular complexity index is 4440. The fraction of sp³-hybridized carbons (Fsp3) is 0.520. The number of thiazole rings is 3. The molecule has 126 heavy (non-hydrogen) atoms. The minimum Gasteiger partial charge on any atom is -0.449 e. The lowest BCUT2D eigenvalue weighted by molar-refractivity contribution is 0.520. The zero-order valence-corrected chi connectivity index (χ0v) is 87.7. The van der Waals surface area contributed by atoms with Crippen molar-refractivity contribution in [3.05, 3.63) is 286 Å². The standard InChI is InChI=1S/3C9H13N.C8H14N2.4C7H12N2.C7H11NO.C7H11NS.C7H10S.C6H10N2.2C6H9NS/c1-7(2)9-4-8(3)5-10-6-9;1-7(2)9-4-5-10-8(3)6-9;1-7(2)9-5-4-8(3)10-6-9;1-6(2)8-7(3)5-9-10(8)4;2*1-6(2)7-4-8-9(3)5-7;1-6(2)7-4-5-9(3)8-7;1-6(2)7-4-5-8-9(7)3;1-5(2)7-4-9-6(3)8-7;1-5(2)7-4-8-6(3)9-7;1-6(2)7-4-3-5-8-7;1-6(2)8-5-3-4-7-8;1-5(2)6-3-8-4-7-6;1-5(2)6-3-7-4-8-6/h3*4-7H,1-3H3;5-6H,1-4H3;4*4-6H,1-3H3;2*4-5H,1-3H3;2*3-6H,1-2H3;2*3-5H,1-2H3. The minimum atomic E-state index is 0.474. The van der Waals surface area contributed by atoms with Gasteiger partial charge in [-0.25, -0.2) is 15.0 Å². The van der Waals surface area contributed by atoms with E-state index >= 15 is 0 Å². The van der Waals surface area contributed by atoms with Crippen LogP contribution in [0.25, 0.3) is 0 Å². The van der Waals surface area contributed by atoms with Crippen LogP contribution in [0.1, 0.15) is 381 Å². The molecule has 0 unspecified atom stereocenters. The highest BCUT2D eigenvalue weighted by Gasteiger charge is 2.10. The molecule has 0 saturated heterocycles. The average Bonchev–Trinajstić information content (AvgIpc) is 1.71. The molecule has 694 valence electrons. The molecule has 0 aliphatic carbocycles. The molecule has 0 aliphatic heterocycles. The third kappa shape index (κ3) is 49.6. The van der Waals surface area contributed by atoms with Crippen molar-refractivity contribution in [1.29, 1.82) is 0 Å². The molecular formula is C102H161N19OS4. The summed E-state index contributed by atoms with van der Waals surface area (Å²) in [6.07, 6.45) is 30.6. The van der Waals surface area contributed by atoms with Gasteiger partial charge < -0.3 is 4.42 Å². The topological polar surface area (TPSA) is 210 Å². The maximum Gasteiger partial charge on any atom is 0.191 e. The number of hydrogen-bond donors (Lipinski definition) is 0. The van der Waals surface area contributed by atoms with Crippen LogP contribution < -0.4 is 0 Å². The zero-order chi connectivity index (χ0) is 95.5. The first-order valence-corrected chi connectivity index (χ1v) is 48.0. The second-order valence-corrected chi connectivity index (χ2v) is 39.2. The van der Waals surface area contributed by atoms with E-state index in [1.165, 1.54) is 75.7 Å². The van der Waals surface area contributed by atoms with Gasteiger partial charge in [0.05, 0.1) is 51.7 Å². The molecule has 20 nitrogen and oxygen atoms in total. The summed E-state index contributed by atoms with van der Waals surface area (Å²) in [7, 11) is 9.77. The molecule has 0 radical (unpaired) electrons. The van der Waals surface area contributed by atoms with Crippen molar-refractivity contribution in [3.63, 3.8) is 0 Å². The first-order valence-electron chi connectivity index (χ1n) is 44.5. The highest BCUT2D eigenvalue weighted by molar-refractivity contribution is 7.11. The number of rotatable bonds is 14. The van der Waals surface area contributed by atoms with E-state index in [1.807, 2.05) is 218 Å². The van der Waals surface area contributed by atoms with E-state index in [0.29, 0.717) is 83.0 Å². The monoisotopic (exact) mass is 1800 g/mol. The molecule has 14 aromatic heterocycles. The summed E-state index contributed by atoms with van der Waals surface area (Å²) < 4.78 is 16.3. The quantitative estimate of drug-likeness (QED) is 0.0992. The van der Waals surface area contributed by atoms with Crippen molar-refractivity contribution >= 4 is 45.3 Å². The van der Waals surface area contributed by atoms with E-state index in [1.54, 1.807) is 46.5 Å². The molecule has 0 bridgehead atoms. The van der Waals surface area contributed by atoms with E-state index in [2.05, 4.69) is 326 Å². The molecule has 14 rings (SSSR count). The highest BCUT2D eigenvalue weighted by atomic mass is 32.1. The van der Waals surface area contributed by atoms with Gasteiger partial charge in [0.1, 0.15) is 6.26 Å². The van der Waals surface area contributed by atoms with Gasteiger partial charge in [-0.05, 0) is 212 Å². The molecule has 0 amide bonds. The number of pyridine rings is 3. The summed E-state index contributed by atoms with van der Waals surface area (Å²) in [6.45, 7) is 72.6. The fourth-order valence-electron chi connectivity index (χ4n) is 10.7. The molecule has 0 aromatic carbocycles. The van der Waals surface area contributed by atoms with Crippen LogP contribution in [0, 0.1) is 41.5 Å². The Hall–Kier alpha value is -9.49.